The fourth-order valence-electron chi connectivity index (χ4n) is 5.40. The monoisotopic (exact) mass is 533 g/mol. The molecule has 5 rings (SSSR count). The molecule has 0 fully saturated rings. The number of halogens is 1. The maximum absolute atomic E-state index is 13.9. The van der Waals surface area contributed by atoms with Crippen LogP contribution in [0.1, 0.15) is 42.2 Å². The molecule has 2 atom stereocenters. The molecular formula is C30H32ClN3O4. The lowest BCUT2D eigenvalue weighted by Crippen LogP contribution is -2.32. The number of ether oxygens (including phenoxy) is 2. The van der Waals surface area contributed by atoms with Crippen molar-refractivity contribution in [2.24, 2.45) is 5.92 Å². The second-order valence-corrected chi connectivity index (χ2v) is 10.5. The number of esters is 1. The van der Waals surface area contributed by atoms with Gasteiger partial charge in [-0.15, -0.1) is 11.6 Å². The molecule has 0 radical (unpaired) electrons. The van der Waals surface area contributed by atoms with Crippen LogP contribution in [0.5, 0.6) is 5.75 Å². The third kappa shape index (κ3) is 4.67. The number of aromatic nitrogens is 1. The number of hydrogen-bond acceptors (Lipinski definition) is 5. The van der Waals surface area contributed by atoms with E-state index < -0.39 is 6.04 Å². The molecule has 0 aliphatic carbocycles. The summed E-state index contributed by atoms with van der Waals surface area (Å²) in [6, 6.07) is 17.0. The van der Waals surface area contributed by atoms with Crippen molar-refractivity contribution in [3.05, 3.63) is 65.9 Å². The van der Waals surface area contributed by atoms with Gasteiger partial charge in [-0.05, 0) is 53.6 Å². The Morgan fingerprint density at radius 1 is 1.11 bits per heavy atom. The van der Waals surface area contributed by atoms with Crippen molar-refractivity contribution in [2.75, 3.05) is 36.9 Å². The van der Waals surface area contributed by atoms with Gasteiger partial charge in [-0.3, -0.25) is 4.79 Å². The number of hydrogen-bond donors (Lipinski definition) is 2. The normalized spacial score (nSPS) is 15.6. The number of nitrogens with zero attached hydrogens (tertiary/aromatic N) is 1. The number of carbonyl (C=O) groups is 2. The average molecular weight is 534 g/mol. The zero-order valence-corrected chi connectivity index (χ0v) is 22.8. The summed E-state index contributed by atoms with van der Waals surface area (Å²) in [5.74, 6) is 0.922. The molecule has 1 aromatic heterocycles. The van der Waals surface area contributed by atoms with Crippen LogP contribution in [0.3, 0.4) is 0 Å². The highest BCUT2D eigenvalue weighted by atomic mass is 35.5. The van der Waals surface area contributed by atoms with Crippen LogP contribution in [-0.2, 0) is 9.53 Å². The number of amides is 1. The van der Waals surface area contributed by atoms with E-state index in [-0.39, 0.29) is 23.7 Å². The summed E-state index contributed by atoms with van der Waals surface area (Å²) in [7, 11) is 3.02. The van der Waals surface area contributed by atoms with Gasteiger partial charge < -0.3 is 24.7 Å². The van der Waals surface area contributed by atoms with Gasteiger partial charge in [0.15, 0.2) is 0 Å². The molecule has 2 N–H and O–H groups in total. The van der Waals surface area contributed by atoms with Crippen LogP contribution in [0, 0.1) is 5.92 Å². The molecule has 7 nitrogen and oxygen atoms in total. The zero-order chi connectivity index (χ0) is 27.0. The summed E-state index contributed by atoms with van der Waals surface area (Å²) in [5.41, 5.74) is 3.98. The summed E-state index contributed by atoms with van der Waals surface area (Å²) >= 11 is 6.45. The van der Waals surface area contributed by atoms with Crippen LogP contribution in [0.15, 0.2) is 54.6 Å². The molecular weight excluding hydrogens is 502 g/mol. The van der Waals surface area contributed by atoms with E-state index in [0.717, 1.165) is 44.4 Å². The molecule has 1 amide bonds. The SMILES string of the molecule is COC(=O)C(CC(C)C)Nc1cc2c(c3ccccc13)C(CCl)CN2C(=O)c1cc2cc(OC)ccc2[nH]1. The second kappa shape index (κ2) is 10.6. The van der Waals surface area contributed by atoms with E-state index in [1.807, 2.05) is 48.5 Å². The van der Waals surface area contributed by atoms with E-state index in [2.05, 4.69) is 30.2 Å². The first-order valence-electron chi connectivity index (χ1n) is 12.8. The Morgan fingerprint density at radius 3 is 2.55 bits per heavy atom. The predicted octanol–water partition coefficient (Wildman–Crippen LogP) is 6.31. The van der Waals surface area contributed by atoms with Gasteiger partial charge in [-0.2, -0.15) is 0 Å². The Morgan fingerprint density at radius 2 is 1.87 bits per heavy atom. The third-order valence-electron chi connectivity index (χ3n) is 7.18. The van der Waals surface area contributed by atoms with Crippen molar-refractivity contribution in [3.63, 3.8) is 0 Å². The number of H-pyrrole nitrogens is 1. The molecule has 0 saturated carbocycles. The van der Waals surface area contributed by atoms with Crippen LogP contribution < -0.4 is 15.0 Å². The molecule has 1 aliphatic heterocycles. The third-order valence-corrected chi connectivity index (χ3v) is 7.55. The standard InChI is InChI=1S/C30H32ClN3O4/c1-17(2)11-26(30(36)38-4)33-24-14-27-28(22-8-6-5-7-21(22)24)19(15-31)16-34(27)29(35)25-13-18-12-20(37-3)9-10-23(18)32-25/h5-10,12-14,17,19,26,32-33H,11,15-16H2,1-4H3. The molecule has 0 saturated heterocycles. The number of aromatic amines is 1. The Labute approximate surface area is 227 Å². The fourth-order valence-corrected chi connectivity index (χ4v) is 5.65. The van der Waals surface area contributed by atoms with Crippen molar-refractivity contribution < 1.29 is 19.1 Å². The minimum atomic E-state index is -0.514. The van der Waals surface area contributed by atoms with E-state index in [9.17, 15) is 9.59 Å². The first kappa shape index (κ1) is 25.9. The predicted molar refractivity (Wildman–Crippen MR) is 153 cm³/mol. The second-order valence-electron chi connectivity index (χ2n) is 10.2. The van der Waals surface area contributed by atoms with E-state index >= 15 is 0 Å². The van der Waals surface area contributed by atoms with E-state index in [1.54, 1.807) is 12.0 Å². The molecule has 2 heterocycles. The largest absolute Gasteiger partial charge is 0.497 e. The summed E-state index contributed by atoms with van der Waals surface area (Å²) in [6.45, 7) is 4.61. The highest BCUT2D eigenvalue weighted by Gasteiger charge is 2.36. The fraction of sp³-hybridized carbons (Fsp3) is 0.333. The maximum Gasteiger partial charge on any atom is 0.328 e. The number of carbonyl (C=O) groups excluding carboxylic acids is 2. The highest BCUT2D eigenvalue weighted by Crippen LogP contribution is 2.45. The van der Waals surface area contributed by atoms with Crippen LogP contribution >= 0.6 is 11.6 Å². The van der Waals surface area contributed by atoms with E-state index in [0.29, 0.717) is 24.5 Å². The molecule has 8 heteroatoms. The van der Waals surface area contributed by atoms with Gasteiger partial charge in [-0.1, -0.05) is 38.1 Å². The molecule has 4 aromatic rings. The van der Waals surface area contributed by atoms with Gasteiger partial charge in [0, 0.05) is 40.3 Å². The summed E-state index contributed by atoms with van der Waals surface area (Å²) in [5, 5.41) is 6.33. The Hall–Kier alpha value is -3.71. The molecule has 0 spiro atoms. The Bertz CT molecular complexity index is 1510. The van der Waals surface area contributed by atoms with Crippen LogP contribution in [0.25, 0.3) is 21.7 Å². The van der Waals surface area contributed by atoms with Gasteiger partial charge in [0.1, 0.15) is 17.5 Å². The summed E-state index contributed by atoms with van der Waals surface area (Å²) in [4.78, 5) is 31.6. The Balaban J connectivity index is 1.60. The zero-order valence-electron chi connectivity index (χ0n) is 22.0. The van der Waals surface area contributed by atoms with Gasteiger partial charge in [0.2, 0.25) is 0 Å². The van der Waals surface area contributed by atoms with Gasteiger partial charge in [0.25, 0.3) is 5.91 Å². The number of nitrogens with one attached hydrogen (secondary N) is 2. The molecule has 1 aliphatic rings. The minimum absolute atomic E-state index is 0.0221. The lowest BCUT2D eigenvalue weighted by molar-refractivity contribution is -0.141. The first-order chi connectivity index (χ1) is 18.3. The molecule has 0 bridgehead atoms. The lowest BCUT2D eigenvalue weighted by Gasteiger charge is -2.23. The lowest BCUT2D eigenvalue weighted by atomic mass is 9.94. The quantitative estimate of drug-likeness (QED) is 0.205. The number of benzene rings is 3. The summed E-state index contributed by atoms with van der Waals surface area (Å²) in [6.07, 6.45) is 0.615. The maximum atomic E-state index is 13.9. The van der Waals surface area contributed by atoms with Crippen molar-refractivity contribution in [2.45, 2.75) is 32.2 Å². The van der Waals surface area contributed by atoms with Crippen molar-refractivity contribution in [1.82, 2.24) is 4.98 Å². The van der Waals surface area contributed by atoms with Gasteiger partial charge in [-0.25, -0.2) is 4.79 Å². The topological polar surface area (TPSA) is 83.7 Å². The van der Waals surface area contributed by atoms with Crippen molar-refractivity contribution in [3.8, 4) is 5.75 Å². The summed E-state index contributed by atoms with van der Waals surface area (Å²) < 4.78 is 10.4. The van der Waals surface area contributed by atoms with Gasteiger partial charge >= 0.3 is 5.97 Å². The van der Waals surface area contributed by atoms with Crippen LogP contribution in [-0.4, -0.2) is 49.5 Å². The molecule has 38 heavy (non-hydrogen) atoms. The van der Waals surface area contributed by atoms with Crippen LogP contribution in [0.2, 0.25) is 0 Å². The first-order valence-corrected chi connectivity index (χ1v) is 13.3. The number of anilines is 2. The van der Waals surface area contributed by atoms with Crippen LogP contribution in [0.4, 0.5) is 11.4 Å². The molecule has 3 aromatic carbocycles. The van der Waals surface area contributed by atoms with Gasteiger partial charge in [0.05, 0.1) is 19.9 Å². The van der Waals surface area contributed by atoms with E-state index in [4.69, 9.17) is 21.1 Å². The number of rotatable bonds is 8. The molecule has 198 valence electrons. The Kier molecular flexibility index (Phi) is 7.21. The van der Waals surface area contributed by atoms with E-state index in [1.165, 1.54) is 7.11 Å². The minimum Gasteiger partial charge on any atom is -0.497 e. The van der Waals surface area contributed by atoms with Crippen molar-refractivity contribution >= 4 is 56.5 Å². The number of methoxy groups -OCH3 is 2. The average Bonchev–Trinajstić information content (AvgIpc) is 3.52. The highest BCUT2D eigenvalue weighted by molar-refractivity contribution is 6.19. The number of fused-ring (bicyclic) bond motifs is 4. The smallest absolute Gasteiger partial charge is 0.328 e. The number of alkyl halides is 1. The molecule has 2 unspecified atom stereocenters. The van der Waals surface area contributed by atoms with Crippen molar-refractivity contribution in [1.29, 1.82) is 0 Å².